The van der Waals surface area contributed by atoms with Gasteiger partial charge < -0.3 is 9.42 Å². The number of amides is 1. The van der Waals surface area contributed by atoms with Crippen molar-refractivity contribution < 1.29 is 13.7 Å². The van der Waals surface area contributed by atoms with Gasteiger partial charge in [-0.3, -0.25) is 9.69 Å². The van der Waals surface area contributed by atoms with Gasteiger partial charge in [0.25, 0.3) is 5.89 Å². The maximum absolute atomic E-state index is 13.3. The first-order valence-electron chi connectivity index (χ1n) is 8.74. The van der Waals surface area contributed by atoms with Crippen molar-refractivity contribution in [3.63, 3.8) is 0 Å². The van der Waals surface area contributed by atoms with Crippen molar-refractivity contribution >= 4 is 5.91 Å². The van der Waals surface area contributed by atoms with E-state index in [0.29, 0.717) is 30.2 Å². The lowest BCUT2D eigenvalue weighted by molar-refractivity contribution is -0.133. The Morgan fingerprint density at radius 2 is 2.08 bits per heavy atom. The molecule has 25 heavy (non-hydrogen) atoms. The van der Waals surface area contributed by atoms with Crippen molar-refractivity contribution in [3.8, 4) is 11.5 Å². The quantitative estimate of drug-likeness (QED) is 0.805. The predicted octanol–water partition coefficient (Wildman–Crippen LogP) is 2.71. The third-order valence-electron chi connectivity index (χ3n) is 4.37. The topological polar surface area (TPSA) is 62.5 Å². The fourth-order valence-corrected chi connectivity index (χ4v) is 2.90. The van der Waals surface area contributed by atoms with Crippen LogP contribution in [0.4, 0.5) is 4.39 Å². The Balaban J connectivity index is 1.52. The van der Waals surface area contributed by atoms with Crippen LogP contribution in [0.3, 0.4) is 0 Å². The highest BCUT2D eigenvalue weighted by Gasteiger charge is 2.22. The predicted molar refractivity (Wildman–Crippen MR) is 91.1 cm³/mol. The number of halogens is 1. The van der Waals surface area contributed by atoms with Gasteiger partial charge >= 0.3 is 0 Å². The molecule has 0 radical (unpaired) electrons. The molecule has 1 aliphatic heterocycles. The summed E-state index contributed by atoms with van der Waals surface area (Å²) in [5, 5.41) is 3.98. The number of unbranched alkanes of at least 4 members (excludes halogenated alkanes) is 1. The lowest BCUT2D eigenvalue weighted by Gasteiger charge is -2.34. The zero-order chi connectivity index (χ0) is 17.6. The number of hydrogen-bond donors (Lipinski definition) is 0. The number of rotatable bonds is 6. The molecule has 1 aromatic heterocycles. The zero-order valence-electron chi connectivity index (χ0n) is 14.4. The molecule has 1 fully saturated rings. The van der Waals surface area contributed by atoms with Crippen LogP contribution in [0.15, 0.2) is 28.8 Å². The van der Waals surface area contributed by atoms with E-state index in [1.54, 1.807) is 12.1 Å². The van der Waals surface area contributed by atoms with Gasteiger partial charge in [0.05, 0.1) is 6.54 Å². The molecule has 2 heterocycles. The van der Waals surface area contributed by atoms with Gasteiger partial charge in [-0.2, -0.15) is 4.98 Å². The largest absolute Gasteiger partial charge is 0.340 e. The van der Waals surface area contributed by atoms with Crippen molar-refractivity contribution in [1.82, 2.24) is 19.9 Å². The summed E-state index contributed by atoms with van der Waals surface area (Å²) in [5.41, 5.74) is 0.574. The summed E-state index contributed by atoms with van der Waals surface area (Å²) < 4.78 is 18.5. The Hall–Kier alpha value is -2.28. The number of piperazine rings is 1. The number of hydrogen-bond acceptors (Lipinski definition) is 5. The van der Waals surface area contributed by atoms with Crippen molar-refractivity contribution in [2.24, 2.45) is 0 Å². The van der Waals surface area contributed by atoms with E-state index in [1.165, 1.54) is 12.1 Å². The van der Waals surface area contributed by atoms with Crippen LogP contribution < -0.4 is 0 Å². The maximum Gasteiger partial charge on any atom is 0.258 e. The highest BCUT2D eigenvalue weighted by atomic mass is 19.1. The fourth-order valence-electron chi connectivity index (χ4n) is 2.90. The Bertz CT molecular complexity index is 711. The summed E-state index contributed by atoms with van der Waals surface area (Å²) in [6.45, 7) is 5.71. The molecule has 134 valence electrons. The van der Waals surface area contributed by atoms with Crippen LogP contribution in [0.25, 0.3) is 11.5 Å². The van der Waals surface area contributed by atoms with Crippen LogP contribution in [0.5, 0.6) is 0 Å². The number of carbonyl (C=O) groups is 1. The maximum atomic E-state index is 13.3. The molecule has 3 rings (SSSR count). The Labute approximate surface area is 146 Å². The molecule has 0 unspecified atom stereocenters. The molecule has 0 N–H and O–H groups in total. The standard InChI is InChI=1S/C18H23FN4O2/c1-2-3-7-17(24)23-10-8-22(9-11-23)13-16-20-18(25-21-16)14-5-4-6-15(19)12-14/h4-6,12H,2-3,7-11,13H2,1H3. The van der Waals surface area contributed by atoms with Gasteiger partial charge in [0, 0.05) is 38.2 Å². The monoisotopic (exact) mass is 346 g/mol. The molecule has 0 atom stereocenters. The number of nitrogens with zero attached hydrogens (tertiary/aromatic N) is 4. The Morgan fingerprint density at radius 3 is 2.80 bits per heavy atom. The summed E-state index contributed by atoms with van der Waals surface area (Å²) in [4.78, 5) is 20.5. The summed E-state index contributed by atoms with van der Waals surface area (Å²) in [5.74, 6) is 0.809. The second-order valence-electron chi connectivity index (χ2n) is 6.29. The van der Waals surface area contributed by atoms with Gasteiger partial charge in [-0.15, -0.1) is 0 Å². The Morgan fingerprint density at radius 1 is 1.28 bits per heavy atom. The van der Waals surface area contributed by atoms with Crippen LogP contribution in [-0.2, 0) is 11.3 Å². The third-order valence-corrected chi connectivity index (χ3v) is 4.37. The summed E-state index contributed by atoms with van der Waals surface area (Å²) in [7, 11) is 0. The van der Waals surface area contributed by atoms with Gasteiger partial charge in [-0.05, 0) is 24.6 Å². The highest BCUT2D eigenvalue weighted by Crippen LogP contribution is 2.18. The molecule has 6 nitrogen and oxygen atoms in total. The SMILES string of the molecule is CCCCC(=O)N1CCN(Cc2noc(-c3cccc(F)c3)n2)CC1. The lowest BCUT2D eigenvalue weighted by Crippen LogP contribution is -2.48. The first-order chi connectivity index (χ1) is 12.2. The van der Waals surface area contributed by atoms with Crippen LogP contribution in [0.2, 0.25) is 0 Å². The van der Waals surface area contributed by atoms with E-state index in [-0.39, 0.29) is 11.7 Å². The van der Waals surface area contributed by atoms with Gasteiger partial charge in [0.15, 0.2) is 5.82 Å². The molecule has 2 aromatic rings. The van der Waals surface area contributed by atoms with Crippen LogP contribution in [-0.4, -0.2) is 52.0 Å². The van der Waals surface area contributed by atoms with Gasteiger partial charge in [-0.1, -0.05) is 24.6 Å². The number of aromatic nitrogens is 2. The number of benzene rings is 1. The van der Waals surface area contributed by atoms with E-state index in [2.05, 4.69) is 22.0 Å². The molecule has 0 bridgehead atoms. The van der Waals surface area contributed by atoms with Gasteiger partial charge in [-0.25, -0.2) is 4.39 Å². The van der Waals surface area contributed by atoms with E-state index in [9.17, 15) is 9.18 Å². The third kappa shape index (κ3) is 4.63. The molecule has 1 aliphatic rings. The first-order valence-corrected chi connectivity index (χ1v) is 8.74. The lowest BCUT2D eigenvalue weighted by atomic mass is 10.2. The average molecular weight is 346 g/mol. The second-order valence-corrected chi connectivity index (χ2v) is 6.29. The minimum Gasteiger partial charge on any atom is -0.340 e. The van der Waals surface area contributed by atoms with Gasteiger partial charge in [0.1, 0.15) is 5.82 Å². The molecular weight excluding hydrogens is 323 g/mol. The summed E-state index contributed by atoms with van der Waals surface area (Å²) in [6, 6.07) is 6.10. The van der Waals surface area contributed by atoms with Crippen LogP contribution in [0, 0.1) is 5.82 Å². The van der Waals surface area contributed by atoms with E-state index in [4.69, 9.17) is 4.52 Å². The van der Waals surface area contributed by atoms with Crippen molar-refractivity contribution in [2.45, 2.75) is 32.7 Å². The molecule has 1 amide bonds. The van der Waals surface area contributed by atoms with Crippen LogP contribution >= 0.6 is 0 Å². The van der Waals surface area contributed by atoms with Gasteiger partial charge in [0.2, 0.25) is 5.91 Å². The smallest absolute Gasteiger partial charge is 0.258 e. The normalized spacial score (nSPS) is 15.5. The van der Waals surface area contributed by atoms with E-state index < -0.39 is 0 Å². The molecule has 0 saturated carbocycles. The molecule has 0 aliphatic carbocycles. The molecule has 0 spiro atoms. The fraction of sp³-hybridized carbons (Fsp3) is 0.500. The first kappa shape index (κ1) is 17.5. The molecule has 1 saturated heterocycles. The Kier molecular flexibility index (Phi) is 5.75. The molecule has 7 heteroatoms. The van der Waals surface area contributed by atoms with Crippen molar-refractivity contribution in [2.75, 3.05) is 26.2 Å². The zero-order valence-corrected chi connectivity index (χ0v) is 14.4. The minimum atomic E-state index is -0.332. The van der Waals surface area contributed by atoms with E-state index in [1.807, 2.05) is 4.90 Å². The highest BCUT2D eigenvalue weighted by molar-refractivity contribution is 5.76. The molecular formula is C18H23FN4O2. The van der Waals surface area contributed by atoms with Crippen molar-refractivity contribution in [3.05, 3.63) is 35.9 Å². The van der Waals surface area contributed by atoms with Crippen LogP contribution in [0.1, 0.15) is 32.0 Å². The average Bonchev–Trinajstić information content (AvgIpc) is 3.09. The summed E-state index contributed by atoms with van der Waals surface area (Å²) >= 11 is 0. The second kappa shape index (κ2) is 8.20. The number of carbonyl (C=O) groups excluding carboxylic acids is 1. The summed E-state index contributed by atoms with van der Waals surface area (Å²) in [6.07, 6.45) is 2.63. The molecule has 1 aromatic carbocycles. The van der Waals surface area contributed by atoms with E-state index >= 15 is 0 Å². The van der Waals surface area contributed by atoms with E-state index in [0.717, 1.165) is 39.0 Å². The minimum absolute atomic E-state index is 0.245. The van der Waals surface area contributed by atoms with Crippen molar-refractivity contribution in [1.29, 1.82) is 0 Å².